The highest BCUT2D eigenvalue weighted by atomic mass is 127. The fourth-order valence-electron chi connectivity index (χ4n) is 4.18. The number of aryl methyl sites for hydroxylation is 1. The molecule has 3 aromatic rings. The quantitative estimate of drug-likeness (QED) is 0.153. The number of aliphatic imine (C=N–C) groups is 1. The van der Waals surface area contributed by atoms with Crippen molar-refractivity contribution in [1.82, 2.24) is 15.2 Å². The Kier molecular flexibility index (Phi) is 11.2. The molecule has 0 amide bonds. The van der Waals surface area contributed by atoms with Gasteiger partial charge in [0.2, 0.25) is 0 Å². The van der Waals surface area contributed by atoms with E-state index in [1.807, 2.05) is 0 Å². The number of nitrogens with one attached hydrogen (secondary N) is 2. The maximum absolute atomic E-state index is 6.07. The summed E-state index contributed by atoms with van der Waals surface area (Å²) in [5, 5.41) is 8.12. The van der Waals surface area contributed by atoms with Crippen LogP contribution in [0, 0.1) is 0 Å². The molecule has 184 valence electrons. The summed E-state index contributed by atoms with van der Waals surface area (Å²) in [6, 6.07) is 19.2. The number of nitrogens with zero attached hydrogens (tertiary/aromatic N) is 2. The van der Waals surface area contributed by atoms with Crippen LogP contribution in [0.2, 0.25) is 0 Å². The van der Waals surface area contributed by atoms with Gasteiger partial charge in [0.05, 0.1) is 19.3 Å². The highest BCUT2D eigenvalue weighted by Gasteiger charge is 2.14. The van der Waals surface area contributed by atoms with E-state index in [1.165, 1.54) is 22.0 Å². The average molecular weight is 577 g/mol. The van der Waals surface area contributed by atoms with Crippen molar-refractivity contribution in [3.05, 3.63) is 71.9 Å². The molecule has 6 nitrogen and oxygen atoms in total. The third kappa shape index (κ3) is 7.99. The van der Waals surface area contributed by atoms with E-state index in [9.17, 15) is 0 Å². The Morgan fingerprint density at radius 3 is 2.74 bits per heavy atom. The molecule has 0 unspecified atom stereocenters. The van der Waals surface area contributed by atoms with E-state index in [0.717, 1.165) is 58.1 Å². The van der Waals surface area contributed by atoms with Crippen molar-refractivity contribution in [3.63, 3.8) is 0 Å². The number of aromatic nitrogens is 1. The maximum Gasteiger partial charge on any atom is 0.191 e. The fraction of sp³-hybridized carbons (Fsp3) is 0.444. The summed E-state index contributed by atoms with van der Waals surface area (Å²) in [5.41, 5.74) is 3.68. The lowest BCUT2D eigenvalue weighted by Crippen LogP contribution is -2.38. The minimum Gasteiger partial charge on any atom is -0.381 e. The van der Waals surface area contributed by atoms with Crippen molar-refractivity contribution in [2.45, 2.75) is 52.0 Å². The van der Waals surface area contributed by atoms with E-state index in [0.29, 0.717) is 19.3 Å². The molecule has 0 aliphatic carbocycles. The first-order valence-electron chi connectivity index (χ1n) is 12.1. The lowest BCUT2D eigenvalue weighted by Gasteiger charge is -2.22. The number of benzene rings is 2. The summed E-state index contributed by atoms with van der Waals surface area (Å²) < 4.78 is 13.8. The van der Waals surface area contributed by atoms with Gasteiger partial charge in [-0.25, -0.2) is 4.99 Å². The zero-order chi connectivity index (χ0) is 22.7. The van der Waals surface area contributed by atoms with Crippen molar-refractivity contribution >= 4 is 40.8 Å². The molecule has 0 atom stereocenters. The summed E-state index contributed by atoms with van der Waals surface area (Å²) in [5.74, 6) is 0.860. The van der Waals surface area contributed by atoms with Crippen molar-refractivity contribution < 1.29 is 9.47 Å². The molecule has 0 bridgehead atoms. The van der Waals surface area contributed by atoms with Gasteiger partial charge in [0, 0.05) is 44.6 Å². The largest absolute Gasteiger partial charge is 0.381 e. The van der Waals surface area contributed by atoms with Gasteiger partial charge in [-0.3, -0.25) is 0 Å². The molecule has 7 heteroatoms. The second-order valence-electron chi connectivity index (χ2n) is 8.49. The summed E-state index contributed by atoms with van der Waals surface area (Å²) in [7, 11) is 0. The van der Waals surface area contributed by atoms with Gasteiger partial charge >= 0.3 is 0 Å². The van der Waals surface area contributed by atoms with Crippen LogP contribution in [0.3, 0.4) is 0 Å². The molecule has 1 fully saturated rings. The van der Waals surface area contributed by atoms with Crippen molar-refractivity contribution in [2.24, 2.45) is 4.99 Å². The Hall–Kier alpha value is -2.10. The molecule has 0 radical (unpaired) electrons. The Balaban J connectivity index is 0.00000324. The van der Waals surface area contributed by atoms with Crippen LogP contribution in [0.4, 0.5) is 0 Å². The second kappa shape index (κ2) is 14.3. The van der Waals surface area contributed by atoms with E-state index in [1.54, 1.807) is 0 Å². The Bertz CT molecular complexity index is 1030. The topological polar surface area (TPSA) is 59.8 Å². The zero-order valence-corrected chi connectivity index (χ0v) is 22.4. The van der Waals surface area contributed by atoms with E-state index < -0.39 is 0 Å². The Labute approximate surface area is 220 Å². The van der Waals surface area contributed by atoms with Gasteiger partial charge in [0.15, 0.2) is 5.96 Å². The summed E-state index contributed by atoms with van der Waals surface area (Å²) in [6.07, 6.45) is 5.49. The number of para-hydroxylation sites is 1. The molecular weight excluding hydrogens is 539 g/mol. The van der Waals surface area contributed by atoms with Gasteiger partial charge in [-0.15, -0.1) is 24.0 Å². The predicted octanol–water partition coefficient (Wildman–Crippen LogP) is 5.10. The van der Waals surface area contributed by atoms with Gasteiger partial charge in [-0.2, -0.15) is 0 Å². The highest BCUT2D eigenvalue weighted by molar-refractivity contribution is 14.0. The van der Waals surface area contributed by atoms with Crippen LogP contribution >= 0.6 is 24.0 Å². The van der Waals surface area contributed by atoms with Crippen LogP contribution in [0.25, 0.3) is 10.9 Å². The lowest BCUT2D eigenvalue weighted by molar-refractivity contribution is -0.0390. The van der Waals surface area contributed by atoms with Crippen molar-refractivity contribution in [1.29, 1.82) is 0 Å². The molecular formula is C27H37IN4O2. The van der Waals surface area contributed by atoms with Crippen LogP contribution < -0.4 is 10.6 Å². The summed E-state index contributed by atoms with van der Waals surface area (Å²) in [6.45, 7) is 7.69. The van der Waals surface area contributed by atoms with Crippen molar-refractivity contribution in [3.8, 4) is 0 Å². The van der Waals surface area contributed by atoms with Gasteiger partial charge in [-0.05, 0) is 54.8 Å². The first-order chi connectivity index (χ1) is 16.3. The molecule has 4 rings (SSSR count). The Morgan fingerprint density at radius 2 is 1.88 bits per heavy atom. The Morgan fingerprint density at radius 1 is 1.06 bits per heavy atom. The van der Waals surface area contributed by atoms with Gasteiger partial charge in [0.25, 0.3) is 0 Å². The number of fused-ring (bicyclic) bond motifs is 1. The SMILES string of the molecule is CCNC(=NCc1cccc(COC2CCOCC2)c1)NCCCn1ccc2ccccc21.I. The highest BCUT2D eigenvalue weighted by Crippen LogP contribution is 2.16. The van der Waals surface area contributed by atoms with Crippen LogP contribution in [-0.4, -0.2) is 42.9 Å². The van der Waals surface area contributed by atoms with Crippen molar-refractivity contribution in [2.75, 3.05) is 26.3 Å². The summed E-state index contributed by atoms with van der Waals surface area (Å²) in [4.78, 5) is 4.79. The number of halogens is 1. The van der Waals surface area contributed by atoms with Crippen LogP contribution in [0.1, 0.15) is 37.3 Å². The number of ether oxygens (including phenoxy) is 2. The molecule has 1 aliphatic heterocycles. The molecule has 2 aromatic carbocycles. The van der Waals surface area contributed by atoms with Gasteiger partial charge in [0.1, 0.15) is 0 Å². The molecule has 2 heterocycles. The molecule has 34 heavy (non-hydrogen) atoms. The first kappa shape index (κ1) is 26.5. The van der Waals surface area contributed by atoms with Crippen LogP contribution in [0.15, 0.2) is 65.8 Å². The third-order valence-corrected chi connectivity index (χ3v) is 5.96. The van der Waals surface area contributed by atoms with Gasteiger partial charge in [-0.1, -0.05) is 42.5 Å². The number of guanidine groups is 1. The van der Waals surface area contributed by atoms with E-state index in [4.69, 9.17) is 14.5 Å². The third-order valence-electron chi connectivity index (χ3n) is 5.96. The van der Waals surface area contributed by atoms with E-state index in [2.05, 4.69) is 82.9 Å². The molecule has 2 N–H and O–H groups in total. The molecule has 0 spiro atoms. The molecule has 1 aliphatic rings. The minimum atomic E-state index is 0. The average Bonchev–Trinajstić information content (AvgIpc) is 3.28. The summed E-state index contributed by atoms with van der Waals surface area (Å²) >= 11 is 0. The standard InChI is InChI=1S/C27H36N4O2.HI/c1-2-28-27(29-14-6-15-31-16-11-24-9-3-4-10-26(24)31)30-20-22-7-5-8-23(19-22)21-33-25-12-17-32-18-13-25;/h3-5,7-11,16,19,25H,2,6,12-15,17-18,20-21H2,1H3,(H2,28,29,30);1H. The van der Waals surface area contributed by atoms with E-state index in [-0.39, 0.29) is 24.0 Å². The zero-order valence-electron chi connectivity index (χ0n) is 20.0. The fourth-order valence-corrected chi connectivity index (χ4v) is 4.18. The van der Waals surface area contributed by atoms with E-state index >= 15 is 0 Å². The predicted molar refractivity (Wildman–Crippen MR) is 150 cm³/mol. The van der Waals surface area contributed by atoms with Crippen LogP contribution in [0.5, 0.6) is 0 Å². The number of hydrogen-bond donors (Lipinski definition) is 2. The smallest absolute Gasteiger partial charge is 0.191 e. The normalized spacial score (nSPS) is 14.7. The molecule has 0 saturated carbocycles. The minimum absolute atomic E-state index is 0. The monoisotopic (exact) mass is 576 g/mol. The number of hydrogen-bond acceptors (Lipinski definition) is 3. The van der Waals surface area contributed by atoms with Crippen LogP contribution in [-0.2, 0) is 29.2 Å². The van der Waals surface area contributed by atoms with Gasteiger partial charge < -0.3 is 24.7 Å². The number of rotatable bonds is 10. The first-order valence-corrected chi connectivity index (χ1v) is 12.1. The molecule has 1 aromatic heterocycles. The maximum atomic E-state index is 6.07. The molecule has 1 saturated heterocycles. The second-order valence-corrected chi connectivity index (χ2v) is 8.49. The lowest BCUT2D eigenvalue weighted by atomic mass is 10.1.